The first-order valence-electron chi connectivity index (χ1n) is 8.29. The van der Waals surface area contributed by atoms with Crippen molar-refractivity contribution in [3.05, 3.63) is 29.3 Å². The van der Waals surface area contributed by atoms with E-state index in [0.717, 1.165) is 36.1 Å². The first-order valence-corrected chi connectivity index (χ1v) is 8.29. The van der Waals surface area contributed by atoms with Crippen molar-refractivity contribution in [2.24, 2.45) is 0 Å². The van der Waals surface area contributed by atoms with Gasteiger partial charge in [0.25, 0.3) is 5.91 Å². The van der Waals surface area contributed by atoms with Crippen LogP contribution in [0.15, 0.2) is 18.2 Å². The topological polar surface area (TPSA) is 58.6 Å². The normalized spacial score (nSPS) is 20.8. The van der Waals surface area contributed by atoms with E-state index in [2.05, 4.69) is 12.2 Å². The molecule has 1 fully saturated rings. The zero-order valence-corrected chi connectivity index (χ0v) is 14.4. The molecule has 1 aliphatic heterocycles. The summed E-state index contributed by atoms with van der Waals surface area (Å²) in [5, 5.41) is 2.92. The molecule has 1 aromatic rings. The number of methoxy groups -OCH3 is 1. The maximum atomic E-state index is 12.9. The average Bonchev–Trinajstić information content (AvgIpc) is 2.80. The second-order valence-corrected chi connectivity index (χ2v) is 6.04. The summed E-state index contributed by atoms with van der Waals surface area (Å²) in [6, 6.07) is 5.35. The quantitative estimate of drug-likeness (QED) is 0.619. The van der Waals surface area contributed by atoms with Crippen molar-refractivity contribution < 1.29 is 14.3 Å². The van der Waals surface area contributed by atoms with E-state index >= 15 is 0 Å². The van der Waals surface area contributed by atoms with E-state index in [9.17, 15) is 9.59 Å². The lowest BCUT2D eigenvalue weighted by Gasteiger charge is -2.26. The Bertz CT molecular complexity index is 600. The van der Waals surface area contributed by atoms with Crippen LogP contribution in [0, 0.1) is 6.92 Å². The van der Waals surface area contributed by atoms with Crippen molar-refractivity contribution in [2.75, 3.05) is 13.7 Å². The lowest BCUT2D eigenvalue weighted by molar-refractivity contribution is -0.131. The predicted molar refractivity (Wildman–Crippen MR) is 89.5 cm³/mol. The van der Waals surface area contributed by atoms with E-state index < -0.39 is 5.54 Å². The molecule has 2 rings (SSSR count). The van der Waals surface area contributed by atoms with E-state index in [0.29, 0.717) is 13.0 Å². The van der Waals surface area contributed by atoms with E-state index in [1.807, 2.05) is 32.0 Å². The summed E-state index contributed by atoms with van der Waals surface area (Å²) in [7, 11) is 1.62. The number of hydrogen-bond acceptors (Lipinski definition) is 3. The van der Waals surface area contributed by atoms with Crippen molar-refractivity contribution in [1.29, 1.82) is 0 Å². The van der Waals surface area contributed by atoms with Gasteiger partial charge < -0.3 is 10.1 Å². The van der Waals surface area contributed by atoms with Crippen LogP contribution in [0.1, 0.15) is 50.7 Å². The van der Waals surface area contributed by atoms with Crippen LogP contribution in [-0.2, 0) is 10.3 Å². The van der Waals surface area contributed by atoms with Crippen molar-refractivity contribution in [1.82, 2.24) is 10.2 Å². The third kappa shape index (κ3) is 3.05. The minimum atomic E-state index is -0.958. The summed E-state index contributed by atoms with van der Waals surface area (Å²) in [5.41, 5.74) is 0.805. The van der Waals surface area contributed by atoms with Gasteiger partial charge in [-0.15, -0.1) is 0 Å². The van der Waals surface area contributed by atoms with E-state index in [1.165, 1.54) is 4.90 Å². The Hall–Kier alpha value is -2.04. The molecule has 126 valence electrons. The molecule has 1 saturated heterocycles. The van der Waals surface area contributed by atoms with Crippen molar-refractivity contribution in [3.8, 4) is 5.75 Å². The van der Waals surface area contributed by atoms with Crippen molar-refractivity contribution >= 4 is 11.9 Å². The van der Waals surface area contributed by atoms with E-state index in [-0.39, 0.29) is 11.9 Å². The van der Waals surface area contributed by atoms with E-state index in [4.69, 9.17) is 4.74 Å². The average molecular weight is 318 g/mol. The number of nitrogens with zero attached hydrogens (tertiary/aromatic N) is 1. The van der Waals surface area contributed by atoms with Gasteiger partial charge in [-0.05, 0) is 43.0 Å². The molecule has 0 radical (unpaired) electrons. The van der Waals surface area contributed by atoms with Gasteiger partial charge in [0, 0.05) is 6.54 Å². The SMILES string of the molecule is CCCCCN1C(=O)NC(CC)(c2ccc(OC)c(C)c2)C1=O. The van der Waals surface area contributed by atoms with Gasteiger partial charge in [-0.25, -0.2) is 4.79 Å². The smallest absolute Gasteiger partial charge is 0.325 e. The summed E-state index contributed by atoms with van der Waals surface area (Å²) >= 11 is 0. The van der Waals surface area contributed by atoms with Crippen LogP contribution < -0.4 is 10.1 Å². The maximum absolute atomic E-state index is 12.9. The number of benzene rings is 1. The molecule has 1 aliphatic rings. The molecule has 0 spiro atoms. The fourth-order valence-corrected chi connectivity index (χ4v) is 3.13. The minimum Gasteiger partial charge on any atom is -0.496 e. The van der Waals surface area contributed by atoms with Gasteiger partial charge in [0.2, 0.25) is 0 Å². The number of ether oxygens (including phenoxy) is 1. The van der Waals surface area contributed by atoms with Crippen molar-refractivity contribution in [2.45, 2.75) is 52.0 Å². The Morgan fingerprint density at radius 2 is 1.96 bits per heavy atom. The zero-order valence-electron chi connectivity index (χ0n) is 14.4. The minimum absolute atomic E-state index is 0.148. The Morgan fingerprint density at radius 1 is 1.22 bits per heavy atom. The monoisotopic (exact) mass is 318 g/mol. The van der Waals surface area contributed by atoms with Gasteiger partial charge in [-0.3, -0.25) is 9.69 Å². The van der Waals surface area contributed by atoms with Crippen LogP contribution in [-0.4, -0.2) is 30.5 Å². The Morgan fingerprint density at radius 3 is 2.52 bits per heavy atom. The molecule has 5 nitrogen and oxygen atoms in total. The molecule has 0 aliphatic carbocycles. The Balaban J connectivity index is 2.32. The molecule has 1 heterocycles. The summed E-state index contributed by atoms with van der Waals surface area (Å²) in [6.45, 7) is 6.44. The number of aryl methyl sites for hydroxylation is 1. The fraction of sp³-hybridized carbons (Fsp3) is 0.556. The molecule has 23 heavy (non-hydrogen) atoms. The molecule has 1 unspecified atom stereocenters. The van der Waals surface area contributed by atoms with Gasteiger partial charge in [0.05, 0.1) is 7.11 Å². The predicted octanol–water partition coefficient (Wildman–Crippen LogP) is 3.35. The van der Waals surface area contributed by atoms with Crippen LogP contribution in [0.4, 0.5) is 4.79 Å². The first-order chi connectivity index (χ1) is 11.0. The number of hydrogen-bond donors (Lipinski definition) is 1. The molecule has 0 saturated carbocycles. The van der Waals surface area contributed by atoms with Gasteiger partial charge in [0.15, 0.2) is 0 Å². The van der Waals surface area contributed by atoms with E-state index in [1.54, 1.807) is 7.11 Å². The number of nitrogens with one attached hydrogen (secondary N) is 1. The van der Waals surface area contributed by atoms with Gasteiger partial charge >= 0.3 is 6.03 Å². The number of carbonyl (C=O) groups is 2. The van der Waals surface area contributed by atoms with Crippen LogP contribution in [0.5, 0.6) is 5.75 Å². The maximum Gasteiger partial charge on any atom is 0.325 e. The number of imide groups is 1. The highest BCUT2D eigenvalue weighted by Crippen LogP contribution is 2.34. The highest BCUT2D eigenvalue weighted by atomic mass is 16.5. The van der Waals surface area contributed by atoms with Gasteiger partial charge in [-0.1, -0.05) is 32.8 Å². The second-order valence-electron chi connectivity index (χ2n) is 6.04. The number of urea groups is 1. The van der Waals surface area contributed by atoms with Crippen molar-refractivity contribution in [3.63, 3.8) is 0 Å². The molecule has 5 heteroatoms. The first kappa shape index (κ1) is 17.3. The lowest BCUT2D eigenvalue weighted by Crippen LogP contribution is -2.43. The summed E-state index contributed by atoms with van der Waals surface area (Å²) in [4.78, 5) is 26.6. The van der Waals surface area contributed by atoms with Gasteiger partial charge in [0.1, 0.15) is 11.3 Å². The third-order valence-electron chi connectivity index (χ3n) is 4.58. The number of amides is 3. The highest BCUT2D eigenvalue weighted by molar-refractivity contribution is 6.07. The van der Waals surface area contributed by atoms with Crippen LogP contribution in [0.3, 0.4) is 0 Å². The molecule has 1 atom stereocenters. The third-order valence-corrected chi connectivity index (χ3v) is 4.58. The molecule has 1 N–H and O–H groups in total. The van der Waals surface area contributed by atoms with Crippen LogP contribution in [0.2, 0.25) is 0 Å². The molecular formula is C18H26N2O3. The summed E-state index contributed by atoms with van der Waals surface area (Å²) in [6.07, 6.45) is 3.43. The molecule has 0 bridgehead atoms. The number of rotatable bonds is 7. The Kier molecular flexibility index (Phi) is 5.29. The highest BCUT2D eigenvalue weighted by Gasteiger charge is 2.50. The van der Waals surface area contributed by atoms with Crippen LogP contribution >= 0.6 is 0 Å². The largest absolute Gasteiger partial charge is 0.496 e. The molecular weight excluding hydrogens is 292 g/mol. The number of carbonyl (C=O) groups excluding carboxylic acids is 2. The molecule has 0 aromatic heterocycles. The lowest BCUT2D eigenvalue weighted by atomic mass is 9.86. The molecule has 3 amide bonds. The second kappa shape index (κ2) is 7.02. The summed E-state index contributed by atoms with van der Waals surface area (Å²) in [5.74, 6) is 0.627. The Labute approximate surface area is 138 Å². The van der Waals surface area contributed by atoms with Gasteiger partial charge in [-0.2, -0.15) is 0 Å². The standard InChI is InChI=1S/C18H26N2O3/c1-5-7-8-11-20-16(21)18(6-2,19-17(20)22)14-9-10-15(23-4)13(3)12-14/h9-10,12H,5-8,11H2,1-4H3,(H,19,22). The number of unbranched alkanes of at least 4 members (excludes halogenated alkanes) is 2. The molecule has 1 aromatic carbocycles. The fourth-order valence-electron chi connectivity index (χ4n) is 3.13. The van der Waals surface area contributed by atoms with Crippen LogP contribution in [0.25, 0.3) is 0 Å². The summed E-state index contributed by atoms with van der Waals surface area (Å²) < 4.78 is 5.28. The zero-order chi connectivity index (χ0) is 17.0.